The van der Waals surface area contributed by atoms with Crippen LogP contribution in [0, 0.1) is 0 Å². The SMILES string of the molecule is CN(C)[C@@H](CSc1ccccc1)C(O)CSc1ccccc1. The number of benzene rings is 2. The average Bonchev–Trinajstić information content (AvgIpc) is 2.55. The highest BCUT2D eigenvalue weighted by Crippen LogP contribution is 2.24. The first-order valence-electron chi connectivity index (χ1n) is 7.37. The van der Waals surface area contributed by atoms with E-state index in [0.717, 1.165) is 5.75 Å². The Morgan fingerprint density at radius 2 is 1.27 bits per heavy atom. The maximum Gasteiger partial charge on any atom is 0.0797 e. The van der Waals surface area contributed by atoms with E-state index in [2.05, 4.69) is 41.3 Å². The lowest BCUT2D eigenvalue weighted by atomic mass is 10.2. The lowest BCUT2D eigenvalue weighted by Gasteiger charge is -2.28. The van der Waals surface area contributed by atoms with Gasteiger partial charge in [0.15, 0.2) is 0 Å². The van der Waals surface area contributed by atoms with E-state index in [9.17, 15) is 5.11 Å². The van der Waals surface area contributed by atoms with Gasteiger partial charge >= 0.3 is 0 Å². The topological polar surface area (TPSA) is 23.5 Å². The molecule has 2 aromatic carbocycles. The van der Waals surface area contributed by atoms with Crippen molar-refractivity contribution in [1.82, 2.24) is 4.90 Å². The van der Waals surface area contributed by atoms with Gasteiger partial charge in [0, 0.05) is 27.3 Å². The predicted octanol–water partition coefficient (Wildman–Crippen LogP) is 3.86. The molecular formula is C18H23NOS2. The molecule has 0 radical (unpaired) electrons. The molecule has 1 N–H and O–H groups in total. The minimum absolute atomic E-state index is 0.140. The molecule has 0 saturated carbocycles. The summed E-state index contributed by atoms with van der Waals surface area (Å²) in [5.74, 6) is 1.59. The van der Waals surface area contributed by atoms with Crippen molar-refractivity contribution < 1.29 is 5.11 Å². The molecule has 0 heterocycles. The van der Waals surface area contributed by atoms with E-state index in [1.165, 1.54) is 9.79 Å². The molecule has 0 fully saturated rings. The molecule has 0 aromatic heterocycles. The summed E-state index contributed by atoms with van der Waals surface area (Å²) < 4.78 is 0. The van der Waals surface area contributed by atoms with Crippen LogP contribution in [0.1, 0.15) is 0 Å². The van der Waals surface area contributed by atoms with Gasteiger partial charge in [-0.25, -0.2) is 0 Å². The smallest absolute Gasteiger partial charge is 0.0797 e. The summed E-state index contributed by atoms with van der Waals surface area (Å²) in [4.78, 5) is 4.57. The van der Waals surface area contributed by atoms with E-state index in [1.54, 1.807) is 23.5 Å². The molecule has 1 unspecified atom stereocenters. The summed E-state index contributed by atoms with van der Waals surface area (Å²) in [6, 6.07) is 20.7. The first-order chi connectivity index (χ1) is 10.7. The molecule has 118 valence electrons. The molecular weight excluding hydrogens is 310 g/mol. The van der Waals surface area contributed by atoms with Crippen LogP contribution in [0.25, 0.3) is 0 Å². The fourth-order valence-electron chi connectivity index (χ4n) is 2.11. The Bertz CT molecular complexity index is 533. The van der Waals surface area contributed by atoms with Crippen molar-refractivity contribution in [2.45, 2.75) is 21.9 Å². The molecule has 0 amide bonds. The van der Waals surface area contributed by atoms with E-state index < -0.39 is 0 Å². The number of aliphatic hydroxyl groups excluding tert-OH is 1. The van der Waals surface area contributed by atoms with Crippen LogP contribution in [-0.2, 0) is 0 Å². The molecule has 2 nitrogen and oxygen atoms in total. The summed E-state index contributed by atoms with van der Waals surface area (Å²) in [6.07, 6.45) is -0.351. The monoisotopic (exact) mass is 333 g/mol. The Balaban J connectivity index is 1.86. The first kappa shape index (κ1) is 17.4. The maximum atomic E-state index is 10.5. The Hall–Kier alpha value is -0.940. The van der Waals surface area contributed by atoms with Crippen LogP contribution in [0.3, 0.4) is 0 Å². The maximum absolute atomic E-state index is 10.5. The second-order valence-electron chi connectivity index (χ2n) is 5.35. The summed E-state index contributed by atoms with van der Waals surface area (Å²) in [6.45, 7) is 0. The van der Waals surface area contributed by atoms with Crippen LogP contribution in [0.15, 0.2) is 70.5 Å². The van der Waals surface area contributed by atoms with Crippen LogP contribution >= 0.6 is 23.5 Å². The zero-order valence-corrected chi connectivity index (χ0v) is 14.7. The molecule has 0 bridgehead atoms. The van der Waals surface area contributed by atoms with Crippen LogP contribution < -0.4 is 0 Å². The van der Waals surface area contributed by atoms with Gasteiger partial charge in [-0.2, -0.15) is 0 Å². The van der Waals surface area contributed by atoms with Gasteiger partial charge < -0.3 is 10.0 Å². The van der Waals surface area contributed by atoms with Crippen molar-refractivity contribution in [3.05, 3.63) is 60.7 Å². The van der Waals surface area contributed by atoms with Crippen LogP contribution in [0.5, 0.6) is 0 Å². The van der Waals surface area contributed by atoms with Crippen molar-refractivity contribution in [1.29, 1.82) is 0 Å². The predicted molar refractivity (Wildman–Crippen MR) is 97.8 cm³/mol. The first-order valence-corrected chi connectivity index (χ1v) is 9.34. The molecule has 0 saturated heterocycles. The third-order valence-corrected chi connectivity index (χ3v) is 5.66. The van der Waals surface area contributed by atoms with Crippen LogP contribution in [-0.4, -0.2) is 47.8 Å². The van der Waals surface area contributed by atoms with E-state index in [1.807, 2.05) is 38.4 Å². The highest BCUT2D eigenvalue weighted by molar-refractivity contribution is 7.99. The van der Waals surface area contributed by atoms with Crippen LogP contribution in [0.2, 0.25) is 0 Å². The van der Waals surface area contributed by atoms with Crippen molar-refractivity contribution in [3.8, 4) is 0 Å². The molecule has 0 aliphatic rings. The van der Waals surface area contributed by atoms with E-state index in [0.29, 0.717) is 5.75 Å². The van der Waals surface area contributed by atoms with E-state index in [4.69, 9.17) is 0 Å². The Morgan fingerprint density at radius 1 is 0.818 bits per heavy atom. The van der Waals surface area contributed by atoms with Crippen molar-refractivity contribution in [2.24, 2.45) is 0 Å². The normalized spacial score (nSPS) is 14.0. The summed E-state index contributed by atoms with van der Waals surface area (Å²) >= 11 is 3.51. The van der Waals surface area contributed by atoms with Crippen molar-refractivity contribution >= 4 is 23.5 Å². The van der Waals surface area contributed by atoms with Gasteiger partial charge in [-0.05, 0) is 38.4 Å². The quantitative estimate of drug-likeness (QED) is 0.741. The third kappa shape index (κ3) is 5.69. The third-order valence-electron chi connectivity index (χ3n) is 3.44. The molecule has 4 heteroatoms. The van der Waals surface area contributed by atoms with Gasteiger partial charge in [0.05, 0.1) is 6.10 Å². The molecule has 0 aliphatic heterocycles. The van der Waals surface area contributed by atoms with Gasteiger partial charge in [0.2, 0.25) is 0 Å². The average molecular weight is 334 g/mol. The molecule has 22 heavy (non-hydrogen) atoms. The number of nitrogens with zero attached hydrogens (tertiary/aromatic N) is 1. The fourth-order valence-corrected chi connectivity index (χ4v) is 4.28. The number of hydrogen-bond donors (Lipinski definition) is 1. The summed E-state index contributed by atoms with van der Waals surface area (Å²) in [7, 11) is 4.07. The standard InChI is InChI=1S/C18H23NOS2/c1-19(2)17(13-21-15-9-5-3-6-10-15)18(20)14-22-16-11-7-4-8-12-16/h3-12,17-18,20H,13-14H2,1-2H3/t17-,18?/m0/s1. The second-order valence-corrected chi connectivity index (χ2v) is 7.53. The molecule has 0 spiro atoms. The highest BCUT2D eigenvalue weighted by Gasteiger charge is 2.21. The lowest BCUT2D eigenvalue weighted by molar-refractivity contribution is 0.107. The summed E-state index contributed by atoms with van der Waals surface area (Å²) in [5, 5.41) is 10.5. The number of aliphatic hydroxyl groups is 1. The zero-order chi connectivity index (χ0) is 15.8. The van der Waals surface area contributed by atoms with Gasteiger partial charge in [0.25, 0.3) is 0 Å². The Labute approximate surface area is 141 Å². The largest absolute Gasteiger partial charge is 0.391 e. The Kier molecular flexibility index (Phi) is 7.33. The van der Waals surface area contributed by atoms with Crippen molar-refractivity contribution in [3.63, 3.8) is 0 Å². The molecule has 2 rings (SSSR count). The zero-order valence-electron chi connectivity index (χ0n) is 13.1. The second kappa shape index (κ2) is 9.26. The van der Waals surface area contributed by atoms with E-state index >= 15 is 0 Å². The minimum atomic E-state index is -0.351. The van der Waals surface area contributed by atoms with Gasteiger partial charge in [-0.15, -0.1) is 23.5 Å². The van der Waals surface area contributed by atoms with Crippen molar-refractivity contribution in [2.75, 3.05) is 25.6 Å². The minimum Gasteiger partial charge on any atom is -0.391 e. The van der Waals surface area contributed by atoms with Gasteiger partial charge in [-0.3, -0.25) is 0 Å². The van der Waals surface area contributed by atoms with Crippen LogP contribution in [0.4, 0.5) is 0 Å². The number of rotatable bonds is 8. The fraction of sp³-hybridized carbons (Fsp3) is 0.333. The Morgan fingerprint density at radius 3 is 1.73 bits per heavy atom. The number of likely N-dealkylation sites (N-methyl/N-ethyl adjacent to an activating group) is 1. The molecule has 0 aliphatic carbocycles. The summed E-state index contributed by atoms with van der Waals surface area (Å²) in [5.41, 5.74) is 0. The van der Waals surface area contributed by atoms with Gasteiger partial charge in [-0.1, -0.05) is 36.4 Å². The lowest BCUT2D eigenvalue weighted by Crippen LogP contribution is -2.42. The van der Waals surface area contributed by atoms with E-state index in [-0.39, 0.29) is 12.1 Å². The van der Waals surface area contributed by atoms with Gasteiger partial charge in [0.1, 0.15) is 0 Å². The molecule has 2 aromatic rings. The molecule has 2 atom stereocenters. The number of hydrogen-bond acceptors (Lipinski definition) is 4. The highest BCUT2D eigenvalue weighted by atomic mass is 32.2. The number of thioether (sulfide) groups is 2.